The summed E-state index contributed by atoms with van der Waals surface area (Å²) in [7, 11) is -3.78. The molecule has 0 unspecified atom stereocenters. The maximum absolute atomic E-state index is 13.1. The number of nitrogens with two attached hydrogens (primary N) is 1. The fourth-order valence-electron chi connectivity index (χ4n) is 3.48. The van der Waals surface area contributed by atoms with Crippen molar-refractivity contribution in [3.8, 4) is 0 Å². The van der Waals surface area contributed by atoms with Crippen molar-refractivity contribution in [2.75, 3.05) is 6.61 Å². The first-order chi connectivity index (χ1) is 12.4. The van der Waals surface area contributed by atoms with Gasteiger partial charge in [0.1, 0.15) is 10.8 Å². The highest BCUT2D eigenvalue weighted by molar-refractivity contribution is 7.92. The van der Waals surface area contributed by atoms with Crippen LogP contribution in [0.1, 0.15) is 30.9 Å². The number of carbonyl (C=O) groups excluding carboxylic acids is 1. The molecule has 3 atom stereocenters. The van der Waals surface area contributed by atoms with E-state index in [1.165, 1.54) is 12.1 Å². The first-order valence-electron chi connectivity index (χ1n) is 8.71. The van der Waals surface area contributed by atoms with Crippen LogP contribution in [0.5, 0.6) is 0 Å². The molecule has 1 aliphatic carbocycles. The number of hydrogen-bond donors (Lipinski definition) is 1. The van der Waals surface area contributed by atoms with Crippen molar-refractivity contribution in [2.45, 2.75) is 41.9 Å². The van der Waals surface area contributed by atoms with E-state index in [-0.39, 0.29) is 11.5 Å². The Kier molecular flexibility index (Phi) is 4.90. The Hall–Kier alpha value is -2.18. The number of sulfone groups is 1. The Morgan fingerprint density at radius 1 is 1.08 bits per heavy atom. The molecule has 0 spiro atoms. The van der Waals surface area contributed by atoms with Gasteiger partial charge >= 0.3 is 5.97 Å². The van der Waals surface area contributed by atoms with Gasteiger partial charge < -0.3 is 10.5 Å². The van der Waals surface area contributed by atoms with Gasteiger partial charge in [-0.25, -0.2) is 13.2 Å². The van der Waals surface area contributed by atoms with Gasteiger partial charge in [0.05, 0.1) is 11.5 Å². The molecule has 26 heavy (non-hydrogen) atoms. The number of esters is 1. The Morgan fingerprint density at radius 2 is 1.69 bits per heavy atom. The summed E-state index contributed by atoms with van der Waals surface area (Å²) < 4.78 is 31.4. The van der Waals surface area contributed by atoms with E-state index in [4.69, 9.17) is 10.5 Å². The fourth-order valence-corrected chi connectivity index (χ4v) is 5.73. The minimum atomic E-state index is -3.78. The number of carbonyl (C=O) groups is 1. The molecule has 1 saturated carbocycles. The number of hydrogen-bond acceptors (Lipinski definition) is 5. The first-order valence-corrected chi connectivity index (χ1v) is 10.3. The molecule has 2 aromatic carbocycles. The van der Waals surface area contributed by atoms with Gasteiger partial charge in [-0.1, -0.05) is 49.4 Å². The highest BCUT2D eigenvalue weighted by atomic mass is 32.2. The summed E-state index contributed by atoms with van der Waals surface area (Å²) >= 11 is 0. The SMILES string of the molecule is CCOC(=O)[C@]1(N)[C@H](c2ccc(CC)cc2)[C@H]1S(=O)(=O)c1ccccc1. The van der Waals surface area contributed by atoms with Crippen LogP contribution in [0.15, 0.2) is 59.5 Å². The number of rotatable bonds is 6. The van der Waals surface area contributed by atoms with Crippen LogP contribution in [0.4, 0.5) is 0 Å². The van der Waals surface area contributed by atoms with Crippen molar-refractivity contribution in [3.63, 3.8) is 0 Å². The average Bonchev–Trinajstić information content (AvgIpc) is 3.31. The summed E-state index contributed by atoms with van der Waals surface area (Å²) in [6.07, 6.45) is 0.877. The fraction of sp³-hybridized carbons (Fsp3) is 0.350. The third kappa shape index (κ3) is 2.93. The molecule has 0 aliphatic heterocycles. The van der Waals surface area contributed by atoms with Gasteiger partial charge in [-0.3, -0.25) is 0 Å². The van der Waals surface area contributed by atoms with E-state index in [1.807, 2.05) is 31.2 Å². The minimum Gasteiger partial charge on any atom is -0.465 e. The lowest BCUT2D eigenvalue weighted by atomic mass is 10.0. The summed E-state index contributed by atoms with van der Waals surface area (Å²) in [5.41, 5.74) is 6.64. The summed E-state index contributed by atoms with van der Waals surface area (Å²) in [4.78, 5) is 12.7. The molecule has 2 aromatic rings. The molecule has 2 N–H and O–H groups in total. The predicted molar refractivity (Wildman–Crippen MR) is 99.5 cm³/mol. The lowest BCUT2D eigenvalue weighted by Gasteiger charge is -2.11. The zero-order chi connectivity index (χ0) is 18.9. The largest absolute Gasteiger partial charge is 0.465 e. The molecule has 0 saturated heterocycles. The van der Waals surface area contributed by atoms with Crippen LogP contribution in [-0.4, -0.2) is 31.8 Å². The van der Waals surface area contributed by atoms with E-state index < -0.39 is 32.5 Å². The lowest BCUT2D eigenvalue weighted by molar-refractivity contribution is -0.145. The van der Waals surface area contributed by atoms with E-state index in [9.17, 15) is 13.2 Å². The van der Waals surface area contributed by atoms with Gasteiger partial charge in [0.2, 0.25) is 0 Å². The zero-order valence-corrected chi connectivity index (χ0v) is 15.7. The molecule has 3 rings (SSSR count). The predicted octanol–water partition coefficient (Wildman–Crippen LogP) is 2.45. The first kappa shape index (κ1) is 18.6. The third-order valence-electron chi connectivity index (χ3n) is 4.96. The summed E-state index contributed by atoms with van der Waals surface area (Å²) in [5.74, 6) is -1.30. The third-order valence-corrected chi connectivity index (χ3v) is 7.22. The molecule has 0 aromatic heterocycles. The van der Waals surface area contributed by atoms with Crippen molar-refractivity contribution in [2.24, 2.45) is 5.73 Å². The Balaban J connectivity index is 2.04. The second-order valence-electron chi connectivity index (χ2n) is 6.50. The minimum absolute atomic E-state index is 0.150. The molecule has 0 amide bonds. The van der Waals surface area contributed by atoms with Crippen LogP contribution < -0.4 is 5.73 Å². The summed E-state index contributed by atoms with van der Waals surface area (Å²) in [6, 6.07) is 15.7. The molecule has 0 bridgehead atoms. The van der Waals surface area contributed by atoms with Crippen molar-refractivity contribution in [1.82, 2.24) is 0 Å². The molecule has 1 aliphatic rings. The van der Waals surface area contributed by atoms with E-state index in [0.717, 1.165) is 17.5 Å². The van der Waals surface area contributed by atoms with Crippen molar-refractivity contribution < 1.29 is 17.9 Å². The monoisotopic (exact) mass is 373 g/mol. The maximum Gasteiger partial charge on any atom is 0.328 e. The van der Waals surface area contributed by atoms with E-state index in [2.05, 4.69) is 0 Å². The smallest absolute Gasteiger partial charge is 0.328 e. The second kappa shape index (κ2) is 6.85. The van der Waals surface area contributed by atoms with Crippen molar-refractivity contribution in [3.05, 3.63) is 65.7 Å². The highest BCUT2D eigenvalue weighted by Crippen LogP contribution is 2.56. The van der Waals surface area contributed by atoms with E-state index in [1.54, 1.807) is 25.1 Å². The molecule has 6 heteroatoms. The van der Waals surface area contributed by atoms with Gasteiger partial charge in [-0.15, -0.1) is 0 Å². The summed E-state index contributed by atoms with van der Waals surface area (Å²) in [6.45, 7) is 3.87. The van der Waals surface area contributed by atoms with Crippen molar-refractivity contribution >= 4 is 15.8 Å². The molecule has 0 heterocycles. The van der Waals surface area contributed by atoms with Crippen molar-refractivity contribution in [1.29, 1.82) is 0 Å². The summed E-state index contributed by atoms with van der Waals surface area (Å²) in [5, 5.41) is -1.04. The van der Waals surface area contributed by atoms with E-state index >= 15 is 0 Å². The highest BCUT2D eigenvalue weighted by Gasteiger charge is 2.74. The van der Waals surface area contributed by atoms with Crippen LogP contribution in [0, 0.1) is 0 Å². The van der Waals surface area contributed by atoms with Crippen LogP contribution in [0.2, 0.25) is 0 Å². The van der Waals surface area contributed by atoms with Crippen LogP contribution >= 0.6 is 0 Å². The van der Waals surface area contributed by atoms with E-state index in [0.29, 0.717) is 0 Å². The van der Waals surface area contributed by atoms with Gasteiger partial charge in [-0.05, 0) is 36.6 Å². The average molecular weight is 373 g/mol. The number of ether oxygens (including phenoxy) is 1. The van der Waals surface area contributed by atoms with Crippen LogP contribution in [0.25, 0.3) is 0 Å². The molecule has 1 fully saturated rings. The van der Waals surface area contributed by atoms with Crippen LogP contribution in [0.3, 0.4) is 0 Å². The maximum atomic E-state index is 13.1. The van der Waals surface area contributed by atoms with Crippen LogP contribution in [-0.2, 0) is 25.8 Å². The standard InChI is InChI=1S/C20H23NO4S/c1-3-14-10-12-15(13-11-14)17-18(20(17,21)19(22)25-4-2)26(23,24)16-8-6-5-7-9-16/h5-13,17-18H,3-4,21H2,1-2H3/t17-,18-,20+/m1/s1. The van der Waals surface area contributed by atoms with Gasteiger partial charge in [-0.2, -0.15) is 0 Å². The molecule has 0 radical (unpaired) electrons. The Labute approximate surface area is 154 Å². The number of benzene rings is 2. The Bertz CT molecular complexity index is 893. The molecular weight excluding hydrogens is 350 g/mol. The lowest BCUT2D eigenvalue weighted by Crippen LogP contribution is -2.41. The van der Waals surface area contributed by atoms with Gasteiger partial charge in [0, 0.05) is 5.92 Å². The normalized spacial score (nSPS) is 24.9. The zero-order valence-electron chi connectivity index (χ0n) is 14.9. The van der Waals surface area contributed by atoms with Gasteiger partial charge in [0.15, 0.2) is 9.84 Å². The molecular formula is C20H23NO4S. The van der Waals surface area contributed by atoms with Gasteiger partial charge in [0.25, 0.3) is 0 Å². The quantitative estimate of drug-likeness (QED) is 0.786. The topological polar surface area (TPSA) is 86.5 Å². The Morgan fingerprint density at radius 3 is 2.23 bits per heavy atom. The molecule has 5 nitrogen and oxygen atoms in total. The second-order valence-corrected chi connectivity index (χ2v) is 8.57. The number of aryl methyl sites for hydroxylation is 1. The molecule has 138 valence electrons.